The fraction of sp³-hybridized carbons (Fsp3) is 0.125. The lowest BCUT2D eigenvalue weighted by Crippen LogP contribution is -1.87. The number of hydrogen-bond donors (Lipinski definition) is 0. The normalized spacial score (nSPS) is 11.8. The molecule has 4 aromatic rings. The number of benzene rings is 4. The molecule has 0 radical (unpaired) electrons. The summed E-state index contributed by atoms with van der Waals surface area (Å²) in [5, 5.41) is 0. The molecule has 0 unspecified atom stereocenters. The van der Waals surface area contributed by atoms with Crippen LogP contribution in [-0.4, -0.2) is 14.2 Å². The molecule has 0 heterocycles. The number of hydrogen-bond acceptors (Lipinski definition) is 4. The molecule has 36 heavy (non-hydrogen) atoms. The lowest BCUT2D eigenvalue weighted by molar-refractivity contribution is 0.414. The van der Waals surface area contributed by atoms with Gasteiger partial charge >= 0.3 is 0 Å². The van der Waals surface area contributed by atoms with Crippen LogP contribution in [-0.2, 0) is 11.5 Å². The molecule has 0 aliphatic heterocycles. The maximum absolute atomic E-state index is 5.38. The Hall–Kier alpha value is -3.34. The van der Waals surface area contributed by atoms with Gasteiger partial charge in [-0.2, -0.15) is 0 Å². The molecule has 0 spiro atoms. The average Bonchev–Trinajstić information content (AvgIpc) is 2.96. The first-order chi connectivity index (χ1) is 17.7. The largest absolute Gasteiger partial charge is 0.497 e. The van der Waals surface area contributed by atoms with Gasteiger partial charge in [-0.1, -0.05) is 84.9 Å². The monoisotopic (exact) mass is 510 g/mol. The van der Waals surface area contributed by atoms with E-state index in [4.69, 9.17) is 9.47 Å². The van der Waals surface area contributed by atoms with Crippen molar-refractivity contribution in [3.8, 4) is 11.5 Å². The van der Waals surface area contributed by atoms with Gasteiger partial charge < -0.3 is 9.47 Å². The molecule has 0 fully saturated rings. The first kappa shape index (κ1) is 25.7. The zero-order valence-electron chi connectivity index (χ0n) is 20.6. The summed E-state index contributed by atoms with van der Waals surface area (Å²) in [4.78, 5) is 2.43. The summed E-state index contributed by atoms with van der Waals surface area (Å²) in [7, 11) is 3.40. The van der Waals surface area contributed by atoms with E-state index in [0.29, 0.717) is 0 Å². The topological polar surface area (TPSA) is 18.5 Å². The fourth-order valence-corrected chi connectivity index (χ4v) is 5.55. The molecular formula is C32H30O2S2. The Morgan fingerprint density at radius 1 is 0.528 bits per heavy atom. The zero-order chi connectivity index (χ0) is 25.0. The van der Waals surface area contributed by atoms with Crippen LogP contribution >= 0.6 is 23.5 Å². The van der Waals surface area contributed by atoms with E-state index in [1.807, 2.05) is 47.8 Å². The summed E-state index contributed by atoms with van der Waals surface area (Å²) in [6.07, 6.45) is 4.49. The van der Waals surface area contributed by atoms with Crippen molar-refractivity contribution in [1.29, 1.82) is 0 Å². The minimum Gasteiger partial charge on any atom is -0.497 e. The third kappa shape index (κ3) is 7.58. The lowest BCUT2D eigenvalue weighted by atomic mass is 10.1. The van der Waals surface area contributed by atoms with Crippen molar-refractivity contribution in [1.82, 2.24) is 0 Å². The van der Waals surface area contributed by atoms with E-state index in [0.717, 1.165) is 23.0 Å². The molecule has 0 aliphatic carbocycles. The summed E-state index contributed by atoms with van der Waals surface area (Å²) >= 11 is 3.69. The molecular weight excluding hydrogens is 480 g/mol. The minimum atomic E-state index is 0.860. The SMILES string of the molecule is COc1ccc(/C(=C/C=C(\SCc2ccccc2)c2ccc(OC)cc2)SCc2ccccc2)cc1. The van der Waals surface area contributed by atoms with Crippen LogP contribution in [0.3, 0.4) is 0 Å². The van der Waals surface area contributed by atoms with Crippen molar-refractivity contribution >= 4 is 33.3 Å². The van der Waals surface area contributed by atoms with E-state index in [-0.39, 0.29) is 0 Å². The van der Waals surface area contributed by atoms with Crippen molar-refractivity contribution in [3.63, 3.8) is 0 Å². The van der Waals surface area contributed by atoms with Crippen LogP contribution in [0.15, 0.2) is 121 Å². The molecule has 2 nitrogen and oxygen atoms in total. The highest BCUT2D eigenvalue weighted by Crippen LogP contribution is 2.35. The predicted molar refractivity (Wildman–Crippen MR) is 157 cm³/mol. The van der Waals surface area contributed by atoms with Gasteiger partial charge in [0.15, 0.2) is 0 Å². The molecule has 0 bridgehead atoms. The van der Waals surface area contributed by atoms with Crippen molar-refractivity contribution in [2.75, 3.05) is 14.2 Å². The Kier molecular flexibility index (Phi) is 9.78. The standard InChI is InChI=1S/C32H30O2S2/c1-33-29-17-13-27(14-18-29)31(35-23-25-9-5-3-6-10-25)21-22-32(28-15-19-30(34-2)20-16-28)36-24-26-11-7-4-8-12-26/h3-22H,23-24H2,1-2H3/b31-21-,32-22-. The predicted octanol–water partition coefficient (Wildman–Crippen LogP) is 8.95. The molecule has 0 saturated heterocycles. The van der Waals surface area contributed by atoms with Gasteiger partial charge in [0.1, 0.15) is 11.5 Å². The van der Waals surface area contributed by atoms with Crippen molar-refractivity contribution in [3.05, 3.63) is 144 Å². The quantitative estimate of drug-likeness (QED) is 0.187. The van der Waals surface area contributed by atoms with Crippen LogP contribution in [0.2, 0.25) is 0 Å². The second-order valence-corrected chi connectivity index (χ2v) is 10.1. The van der Waals surface area contributed by atoms with Gasteiger partial charge in [0.05, 0.1) is 14.2 Å². The highest BCUT2D eigenvalue weighted by atomic mass is 32.2. The molecule has 0 atom stereocenters. The van der Waals surface area contributed by atoms with Crippen LogP contribution in [0.5, 0.6) is 11.5 Å². The van der Waals surface area contributed by atoms with E-state index in [1.54, 1.807) is 14.2 Å². The van der Waals surface area contributed by atoms with E-state index in [2.05, 4.69) is 97.1 Å². The van der Waals surface area contributed by atoms with Crippen LogP contribution in [0, 0.1) is 0 Å². The Bertz CT molecular complexity index is 1160. The summed E-state index contributed by atoms with van der Waals surface area (Å²) < 4.78 is 10.8. The Balaban J connectivity index is 1.65. The summed E-state index contributed by atoms with van der Waals surface area (Å²) in [5.74, 6) is 3.53. The molecule has 0 aliphatic rings. The second kappa shape index (κ2) is 13.7. The van der Waals surface area contributed by atoms with Gasteiger partial charge in [-0.3, -0.25) is 0 Å². The Labute approximate surface area is 223 Å². The van der Waals surface area contributed by atoms with Crippen LogP contribution in [0.1, 0.15) is 22.3 Å². The van der Waals surface area contributed by atoms with E-state index < -0.39 is 0 Å². The van der Waals surface area contributed by atoms with Gasteiger partial charge in [0.25, 0.3) is 0 Å². The Morgan fingerprint density at radius 2 is 0.889 bits per heavy atom. The molecule has 0 aromatic heterocycles. The van der Waals surface area contributed by atoms with E-state index >= 15 is 0 Å². The van der Waals surface area contributed by atoms with E-state index in [9.17, 15) is 0 Å². The molecule has 0 saturated carbocycles. The number of allylic oxidation sites excluding steroid dienone is 2. The molecule has 4 rings (SSSR count). The first-order valence-electron chi connectivity index (χ1n) is 11.8. The van der Waals surface area contributed by atoms with Gasteiger partial charge in [-0.25, -0.2) is 0 Å². The van der Waals surface area contributed by atoms with Crippen molar-refractivity contribution < 1.29 is 9.47 Å². The van der Waals surface area contributed by atoms with Gasteiger partial charge in [-0.15, -0.1) is 23.5 Å². The lowest BCUT2D eigenvalue weighted by Gasteiger charge is -2.11. The highest BCUT2D eigenvalue weighted by molar-refractivity contribution is 8.08. The summed E-state index contributed by atoms with van der Waals surface area (Å²) in [6, 6.07) is 37.8. The minimum absolute atomic E-state index is 0.860. The molecule has 0 amide bonds. The fourth-order valence-electron chi connectivity index (χ4n) is 3.59. The van der Waals surface area contributed by atoms with Gasteiger partial charge in [-0.05, 0) is 58.7 Å². The van der Waals surface area contributed by atoms with Crippen LogP contribution in [0.4, 0.5) is 0 Å². The summed E-state index contributed by atoms with van der Waals surface area (Å²) in [5.41, 5.74) is 4.96. The molecule has 4 heteroatoms. The van der Waals surface area contributed by atoms with Gasteiger partial charge in [0.2, 0.25) is 0 Å². The Morgan fingerprint density at radius 3 is 1.22 bits per heavy atom. The molecule has 182 valence electrons. The first-order valence-corrected chi connectivity index (χ1v) is 13.8. The molecule has 4 aromatic carbocycles. The maximum atomic E-state index is 5.38. The third-order valence-electron chi connectivity index (χ3n) is 5.61. The molecule has 0 N–H and O–H groups in total. The van der Waals surface area contributed by atoms with Crippen LogP contribution in [0.25, 0.3) is 9.81 Å². The maximum Gasteiger partial charge on any atom is 0.118 e. The number of thioether (sulfide) groups is 2. The number of rotatable bonds is 11. The van der Waals surface area contributed by atoms with E-state index in [1.165, 1.54) is 32.1 Å². The average molecular weight is 511 g/mol. The second-order valence-electron chi connectivity index (χ2n) is 8.07. The third-order valence-corrected chi connectivity index (χ3v) is 7.93. The number of ether oxygens (including phenoxy) is 2. The van der Waals surface area contributed by atoms with Crippen molar-refractivity contribution in [2.45, 2.75) is 11.5 Å². The van der Waals surface area contributed by atoms with Crippen LogP contribution < -0.4 is 9.47 Å². The number of methoxy groups -OCH3 is 2. The zero-order valence-corrected chi connectivity index (χ0v) is 22.2. The summed E-state index contributed by atoms with van der Waals surface area (Å²) in [6.45, 7) is 0. The highest BCUT2D eigenvalue weighted by Gasteiger charge is 2.07. The van der Waals surface area contributed by atoms with Gasteiger partial charge in [0, 0.05) is 21.3 Å². The van der Waals surface area contributed by atoms with Crippen molar-refractivity contribution in [2.24, 2.45) is 0 Å². The smallest absolute Gasteiger partial charge is 0.118 e.